The molecule has 0 aliphatic carbocycles. The number of carbonyl (C=O) groups excluding carboxylic acids is 1. The van der Waals surface area contributed by atoms with Gasteiger partial charge >= 0.3 is 11.8 Å². The molecule has 0 fully saturated rings. The van der Waals surface area contributed by atoms with E-state index in [1.165, 1.54) is 0 Å². The minimum atomic E-state index is -0.820. The first kappa shape index (κ1) is 8.32. The minimum absolute atomic E-state index is 0.128. The van der Waals surface area contributed by atoms with Gasteiger partial charge in [0.1, 0.15) is 6.26 Å². The van der Waals surface area contributed by atoms with E-state index in [1.54, 1.807) is 0 Å². The predicted molar refractivity (Wildman–Crippen MR) is 37.2 cm³/mol. The molecule has 5 heteroatoms. The zero-order chi connectivity index (χ0) is 8.97. The van der Waals surface area contributed by atoms with E-state index in [1.807, 2.05) is 0 Å². The highest BCUT2D eigenvalue weighted by Crippen LogP contribution is 1.97. The van der Waals surface area contributed by atoms with E-state index >= 15 is 0 Å². The fourth-order valence-electron chi connectivity index (χ4n) is 0.534. The van der Waals surface area contributed by atoms with Crippen LogP contribution in [0.15, 0.2) is 32.5 Å². The lowest BCUT2D eigenvalue weighted by Gasteiger charge is -1.94. The van der Waals surface area contributed by atoms with Crippen LogP contribution >= 0.6 is 0 Å². The van der Waals surface area contributed by atoms with Gasteiger partial charge in [-0.3, -0.25) is 0 Å². The molecule has 0 amide bonds. The molecule has 0 aliphatic rings. The first-order valence-corrected chi connectivity index (χ1v) is 3.09. The SMILES string of the molecule is C=CC(=O)OCc1coc(=O)o1. The van der Waals surface area contributed by atoms with Crippen molar-refractivity contribution in [3.8, 4) is 0 Å². The van der Waals surface area contributed by atoms with Crippen LogP contribution in [0.3, 0.4) is 0 Å². The number of carbonyl (C=O) groups is 1. The minimum Gasteiger partial charge on any atom is -0.454 e. The smallest absolute Gasteiger partial charge is 0.454 e. The molecule has 0 spiro atoms. The van der Waals surface area contributed by atoms with Gasteiger partial charge in [0.15, 0.2) is 12.4 Å². The summed E-state index contributed by atoms with van der Waals surface area (Å²) in [7, 11) is 0. The fourth-order valence-corrected chi connectivity index (χ4v) is 0.534. The van der Waals surface area contributed by atoms with Crippen LogP contribution in [-0.4, -0.2) is 5.97 Å². The highest BCUT2D eigenvalue weighted by atomic mass is 16.6. The Kier molecular flexibility index (Phi) is 2.47. The molecule has 64 valence electrons. The van der Waals surface area contributed by atoms with Crippen molar-refractivity contribution in [3.63, 3.8) is 0 Å². The van der Waals surface area contributed by atoms with E-state index in [4.69, 9.17) is 0 Å². The van der Waals surface area contributed by atoms with E-state index < -0.39 is 11.8 Å². The molecule has 1 aromatic heterocycles. The topological polar surface area (TPSA) is 69.7 Å². The molecule has 0 unspecified atom stereocenters. The third kappa shape index (κ3) is 2.12. The second kappa shape index (κ2) is 3.56. The molecule has 0 saturated carbocycles. The van der Waals surface area contributed by atoms with Crippen molar-refractivity contribution >= 4 is 5.97 Å². The maximum atomic E-state index is 10.5. The predicted octanol–water partition coefficient (Wildman–Crippen LogP) is 0.462. The average Bonchev–Trinajstić information content (AvgIpc) is 2.47. The highest BCUT2D eigenvalue weighted by Gasteiger charge is 2.02. The maximum absolute atomic E-state index is 10.5. The number of hydrogen-bond acceptors (Lipinski definition) is 5. The van der Waals surface area contributed by atoms with Crippen LogP contribution in [0, 0.1) is 0 Å². The molecule has 0 saturated heterocycles. The quantitative estimate of drug-likeness (QED) is 0.486. The van der Waals surface area contributed by atoms with Crippen LogP contribution in [0.5, 0.6) is 0 Å². The summed E-state index contributed by atoms with van der Waals surface area (Å²) in [5, 5.41) is 0. The third-order valence-corrected chi connectivity index (χ3v) is 1.02. The second-order valence-corrected chi connectivity index (χ2v) is 1.87. The summed E-state index contributed by atoms with van der Waals surface area (Å²) in [6.45, 7) is 3.06. The molecule has 1 rings (SSSR count). The molecular formula is C7H6O5. The summed E-state index contributed by atoms with van der Waals surface area (Å²) in [5.41, 5.74) is 0. The molecule has 0 aliphatic heterocycles. The Bertz CT molecular complexity index is 332. The summed E-state index contributed by atoms with van der Waals surface area (Å²) in [6.07, 6.45) is 2.09. The lowest BCUT2D eigenvalue weighted by Crippen LogP contribution is -1.99. The number of rotatable bonds is 3. The summed E-state index contributed by atoms with van der Waals surface area (Å²) < 4.78 is 13.3. The monoisotopic (exact) mass is 170 g/mol. The largest absolute Gasteiger partial charge is 0.518 e. The number of hydrogen-bond donors (Lipinski definition) is 0. The first-order valence-electron chi connectivity index (χ1n) is 3.09. The lowest BCUT2D eigenvalue weighted by atomic mass is 10.5. The van der Waals surface area contributed by atoms with Gasteiger partial charge < -0.3 is 13.6 Å². The van der Waals surface area contributed by atoms with E-state index in [2.05, 4.69) is 20.2 Å². The molecule has 1 heterocycles. The summed E-state index contributed by atoms with van der Waals surface area (Å²) in [5.74, 6) is -1.24. The summed E-state index contributed by atoms with van der Waals surface area (Å²) in [4.78, 5) is 20.8. The van der Waals surface area contributed by atoms with Crippen molar-refractivity contribution in [2.45, 2.75) is 6.61 Å². The Labute approximate surface area is 67.2 Å². The molecule has 12 heavy (non-hydrogen) atoms. The van der Waals surface area contributed by atoms with Crippen LogP contribution in [0.1, 0.15) is 5.76 Å². The average molecular weight is 170 g/mol. The van der Waals surface area contributed by atoms with Crippen LogP contribution in [0.25, 0.3) is 0 Å². The molecule has 5 nitrogen and oxygen atoms in total. The van der Waals surface area contributed by atoms with E-state index in [0.29, 0.717) is 0 Å². The zero-order valence-electron chi connectivity index (χ0n) is 6.11. The van der Waals surface area contributed by atoms with Gasteiger partial charge in [-0.15, -0.1) is 0 Å². The molecule has 0 aromatic carbocycles. The Morgan fingerprint density at radius 2 is 2.50 bits per heavy atom. The fraction of sp³-hybridized carbons (Fsp3) is 0.143. The normalized spacial score (nSPS) is 9.33. The molecule has 0 atom stereocenters. The van der Waals surface area contributed by atoms with Crippen molar-refractivity contribution in [2.75, 3.05) is 0 Å². The molecule has 0 N–H and O–H groups in total. The third-order valence-electron chi connectivity index (χ3n) is 1.02. The van der Waals surface area contributed by atoms with Crippen molar-refractivity contribution in [1.82, 2.24) is 0 Å². The van der Waals surface area contributed by atoms with Gasteiger partial charge in [0.25, 0.3) is 0 Å². The Morgan fingerprint density at radius 1 is 1.75 bits per heavy atom. The Hall–Kier alpha value is -1.78. The van der Waals surface area contributed by atoms with Crippen LogP contribution < -0.4 is 5.82 Å². The van der Waals surface area contributed by atoms with Gasteiger partial charge in [0, 0.05) is 6.08 Å². The van der Waals surface area contributed by atoms with Crippen molar-refractivity contribution in [3.05, 3.63) is 35.3 Å². The maximum Gasteiger partial charge on any atom is 0.518 e. The summed E-state index contributed by atoms with van der Waals surface area (Å²) in [6, 6.07) is 0. The Morgan fingerprint density at radius 3 is 3.00 bits per heavy atom. The van der Waals surface area contributed by atoms with Gasteiger partial charge in [-0.25, -0.2) is 9.59 Å². The van der Waals surface area contributed by atoms with Crippen LogP contribution in [0.2, 0.25) is 0 Å². The van der Waals surface area contributed by atoms with Crippen LogP contribution in [0.4, 0.5) is 0 Å². The zero-order valence-corrected chi connectivity index (χ0v) is 6.11. The van der Waals surface area contributed by atoms with Gasteiger partial charge in [0.05, 0.1) is 0 Å². The standard InChI is InChI=1S/C7H6O5/c1-2-6(8)10-3-5-4-11-7(9)12-5/h2,4H,1,3H2. The van der Waals surface area contributed by atoms with Gasteiger partial charge in [-0.05, 0) is 0 Å². The van der Waals surface area contributed by atoms with Crippen molar-refractivity contribution in [2.24, 2.45) is 0 Å². The summed E-state index contributed by atoms with van der Waals surface area (Å²) >= 11 is 0. The lowest BCUT2D eigenvalue weighted by molar-refractivity contribution is -0.139. The van der Waals surface area contributed by atoms with Crippen LogP contribution in [-0.2, 0) is 16.1 Å². The van der Waals surface area contributed by atoms with Gasteiger partial charge in [-0.2, -0.15) is 0 Å². The van der Waals surface area contributed by atoms with Gasteiger partial charge in [-0.1, -0.05) is 6.58 Å². The Balaban J connectivity index is 2.48. The molecular weight excluding hydrogens is 164 g/mol. The van der Waals surface area contributed by atoms with Crippen molar-refractivity contribution < 1.29 is 18.4 Å². The number of ether oxygens (including phenoxy) is 1. The molecule has 1 aromatic rings. The van der Waals surface area contributed by atoms with E-state index in [9.17, 15) is 9.59 Å². The van der Waals surface area contributed by atoms with E-state index in [-0.39, 0.29) is 12.4 Å². The number of esters is 1. The van der Waals surface area contributed by atoms with Gasteiger partial charge in [0.2, 0.25) is 0 Å². The molecule has 0 radical (unpaired) electrons. The first-order chi connectivity index (χ1) is 5.72. The molecule has 0 bridgehead atoms. The second-order valence-electron chi connectivity index (χ2n) is 1.87. The highest BCUT2D eigenvalue weighted by molar-refractivity contribution is 5.81. The van der Waals surface area contributed by atoms with Crippen molar-refractivity contribution in [1.29, 1.82) is 0 Å². The van der Waals surface area contributed by atoms with E-state index in [0.717, 1.165) is 12.3 Å².